The molecule has 0 radical (unpaired) electrons. The van der Waals surface area contributed by atoms with E-state index in [0.717, 1.165) is 6.42 Å². The predicted octanol–water partition coefficient (Wildman–Crippen LogP) is 2.52. The van der Waals surface area contributed by atoms with Crippen molar-refractivity contribution in [3.05, 3.63) is 59.7 Å². The second-order valence-corrected chi connectivity index (χ2v) is 13.7. The summed E-state index contributed by atoms with van der Waals surface area (Å²) in [4.78, 5) is 0. The van der Waals surface area contributed by atoms with Crippen LogP contribution in [0.15, 0.2) is 53.6 Å². The molecule has 170 valence electrons. The van der Waals surface area contributed by atoms with Gasteiger partial charge < -0.3 is 24.8 Å². The van der Waals surface area contributed by atoms with Gasteiger partial charge >= 0.3 is 21.7 Å². The Morgan fingerprint density at radius 2 is 1.58 bits per heavy atom. The molecule has 4 heteroatoms. The van der Waals surface area contributed by atoms with Gasteiger partial charge in [-0.1, -0.05) is 81.7 Å². The third kappa shape index (κ3) is 9.82. The summed E-state index contributed by atoms with van der Waals surface area (Å²) in [6.45, 7) is 18.7. The zero-order chi connectivity index (χ0) is 20.9. The van der Waals surface area contributed by atoms with Crippen LogP contribution in [0.3, 0.4) is 0 Å². The zero-order valence-corrected chi connectivity index (χ0v) is 24.5. The molecule has 3 rings (SSSR count). The minimum absolute atomic E-state index is 0. The van der Waals surface area contributed by atoms with E-state index in [1.807, 2.05) is 0 Å². The molecule has 1 aliphatic carbocycles. The summed E-state index contributed by atoms with van der Waals surface area (Å²) >= 11 is 0. The fourth-order valence-electron chi connectivity index (χ4n) is 4.27. The van der Waals surface area contributed by atoms with Gasteiger partial charge in [-0.25, -0.2) is 11.1 Å². The van der Waals surface area contributed by atoms with Crippen LogP contribution >= 0.6 is 7.92 Å². The Hall–Kier alpha value is 0.0343. The number of allylic oxidation sites excluding steroid dienone is 4. The average Bonchev–Trinajstić information content (AvgIpc) is 3.16. The first-order valence-electron chi connectivity index (χ1n) is 10.8. The molecule has 0 unspecified atom stereocenters. The smallest absolute Gasteiger partial charge is 1.00 e. The third-order valence-electron chi connectivity index (χ3n) is 5.18. The van der Waals surface area contributed by atoms with Gasteiger partial charge in [0.25, 0.3) is 0 Å². The van der Waals surface area contributed by atoms with E-state index < -0.39 is 0 Å². The number of halogens is 2. The van der Waals surface area contributed by atoms with E-state index in [1.165, 1.54) is 41.2 Å². The molecule has 0 saturated carbocycles. The predicted molar refractivity (Wildman–Crippen MR) is 130 cm³/mol. The number of unbranched alkanes of at least 4 members (excludes halogenated alkanes) is 1. The molecule has 1 aliphatic rings. The van der Waals surface area contributed by atoms with Gasteiger partial charge in [0.1, 0.15) is 0 Å². The quantitative estimate of drug-likeness (QED) is 0.335. The molecule has 2 aromatic carbocycles. The van der Waals surface area contributed by atoms with Crippen LogP contribution in [0.1, 0.15) is 81.1 Å². The summed E-state index contributed by atoms with van der Waals surface area (Å²) in [5.74, 6) is 0. The Morgan fingerprint density at radius 1 is 1.00 bits per heavy atom. The van der Waals surface area contributed by atoms with Crippen molar-refractivity contribution in [3.63, 3.8) is 0 Å². The summed E-state index contributed by atoms with van der Waals surface area (Å²) in [7, 11) is -0.185. The molecule has 0 N–H and O–H groups in total. The van der Waals surface area contributed by atoms with E-state index >= 15 is 0 Å². The van der Waals surface area contributed by atoms with Gasteiger partial charge in [-0.2, -0.15) is 12.1 Å². The van der Waals surface area contributed by atoms with Gasteiger partial charge in [-0.05, 0) is 10.3 Å². The van der Waals surface area contributed by atoms with Gasteiger partial charge in [0.2, 0.25) is 0 Å². The topological polar surface area (TPSA) is 0 Å². The van der Waals surface area contributed by atoms with Crippen molar-refractivity contribution >= 4 is 24.0 Å². The first-order chi connectivity index (χ1) is 13.0. The second-order valence-electron chi connectivity index (χ2n) is 9.87. The van der Waals surface area contributed by atoms with E-state index in [9.17, 15) is 0 Å². The molecule has 0 aliphatic heterocycles. The number of fused-ring (bicyclic) bond motifs is 1. The fraction of sp³-hybridized carbons (Fsp3) is 0.519. The Labute approximate surface area is 220 Å². The maximum absolute atomic E-state index is 3.37. The summed E-state index contributed by atoms with van der Waals surface area (Å²) in [5, 5.41) is 5.00. The molecule has 0 saturated heterocycles. The summed E-state index contributed by atoms with van der Waals surface area (Å²) < 4.78 is 0. The second kappa shape index (κ2) is 14.3. The molecular formula is C27H39Cl2PTi. The van der Waals surface area contributed by atoms with E-state index in [2.05, 4.69) is 104 Å². The largest absolute Gasteiger partial charge is 4.00 e. The molecule has 0 nitrogen and oxygen atoms in total. The molecule has 0 spiro atoms. The normalized spacial score (nSPS) is 13.3. The van der Waals surface area contributed by atoms with E-state index in [4.69, 9.17) is 0 Å². The molecular weight excluding hydrogens is 474 g/mol. The molecule has 0 fully saturated rings. The van der Waals surface area contributed by atoms with Gasteiger partial charge in [0.15, 0.2) is 0 Å². The molecule has 0 heterocycles. The van der Waals surface area contributed by atoms with Crippen molar-refractivity contribution in [3.8, 4) is 0 Å². The van der Waals surface area contributed by atoms with Gasteiger partial charge in [-0.3, -0.25) is 6.08 Å². The molecule has 0 atom stereocenters. The van der Waals surface area contributed by atoms with Crippen LogP contribution in [0.2, 0.25) is 0 Å². The third-order valence-corrected chi connectivity index (χ3v) is 8.64. The van der Waals surface area contributed by atoms with Crippen LogP contribution in [0.4, 0.5) is 0 Å². The number of benzene rings is 1. The standard InChI is InChI=1S/C17H24P.C10H15.2ClH.Ti/c1-16(2,3)18(17(4,5)6)15-11-13-9-7-8-10-14(13)12-15;1-3-4-7-10-8-5-6-9(10)2;;;/h7-12H,1-6H3;6H,3-5,7H2,1-2H3;2*1H;/q2*-1;;;+4/p-2. The van der Waals surface area contributed by atoms with Crippen LogP contribution in [-0.4, -0.2) is 10.3 Å². The van der Waals surface area contributed by atoms with Gasteiger partial charge in [0.05, 0.1) is 0 Å². The SMILES string of the molecule is CC(C)(C)P(c1cc2ccccc2[cH-]1)C(C)(C)C.CCCCC1=[C-]CC=C1C.[Cl-].[Cl-].[Ti+4]. The fourth-order valence-corrected chi connectivity index (χ4v) is 8.37. The minimum Gasteiger partial charge on any atom is -1.00 e. The molecule has 0 aromatic heterocycles. The summed E-state index contributed by atoms with van der Waals surface area (Å²) in [6.07, 6.45) is 10.5. The summed E-state index contributed by atoms with van der Waals surface area (Å²) in [5.41, 5.74) is 2.91. The Balaban J connectivity index is 0. The number of hydrogen-bond donors (Lipinski definition) is 0. The van der Waals surface area contributed by atoms with Crippen molar-refractivity contribution in [2.45, 2.75) is 91.4 Å². The van der Waals surface area contributed by atoms with Crippen LogP contribution in [-0.2, 0) is 21.7 Å². The van der Waals surface area contributed by atoms with Crippen molar-refractivity contribution in [1.29, 1.82) is 0 Å². The minimum atomic E-state index is -0.185. The monoisotopic (exact) mass is 512 g/mol. The Morgan fingerprint density at radius 3 is 2.03 bits per heavy atom. The van der Waals surface area contributed by atoms with Crippen LogP contribution in [0.25, 0.3) is 10.8 Å². The Kier molecular flexibility index (Phi) is 15.4. The summed E-state index contributed by atoms with van der Waals surface area (Å²) in [6, 6.07) is 13.5. The van der Waals surface area contributed by atoms with Crippen LogP contribution in [0, 0.1) is 6.08 Å². The molecule has 2 aromatic rings. The van der Waals surface area contributed by atoms with Crippen LogP contribution in [0.5, 0.6) is 0 Å². The first kappa shape index (κ1) is 33.2. The molecule has 31 heavy (non-hydrogen) atoms. The zero-order valence-electron chi connectivity index (χ0n) is 20.6. The van der Waals surface area contributed by atoms with Crippen molar-refractivity contribution < 1.29 is 46.5 Å². The van der Waals surface area contributed by atoms with Crippen molar-refractivity contribution in [2.75, 3.05) is 0 Å². The van der Waals surface area contributed by atoms with Crippen LogP contribution < -0.4 is 30.1 Å². The first-order valence-corrected chi connectivity index (χ1v) is 12.1. The van der Waals surface area contributed by atoms with Gasteiger partial charge in [0, 0.05) is 0 Å². The molecule has 0 amide bonds. The maximum atomic E-state index is 3.37. The van der Waals surface area contributed by atoms with E-state index in [-0.39, 0.29) is 54.5 Å². The number of rotatable bonds is 4. The van der Waals surface area contributed by atoms with Crippen molar-refractivity contribution in [1.82, 2.24) is 0 Å². The van der Waals surface area contributed by atoms with Crippen molar-refractivity contribution in [2.24, 2.45) is 0 Å². The van der Waals surface area contributed by atoms with E-state index in [0.29, 0.717) is 10.3 Å². The Bertz CT molecular complexity index is 788. The maximum Gasteiger partial charge on any atom is 4.00 e. The van der Waals surface area contributed by atoms with E-state index in [1.54, 1.807) is 5.30 Å². The average molecular weight is 513 g/mol. The van der Waals surface area contributed by atoms with Gasteiger partial charge in [-0.15, -0.1) is 53.7 Å². The molecule has 0 bridgehead atoms. The number of hydrogen-bond acceptors (Lipinski definition) is 0.